The maximum atomic E-state index is 10.4. The van der Waals surface area contributed by atoms with Crippen molar-refractivity contribution >= 4 is 6.29 Å². The number of unbranched alkanes of at least 4 members (excludes halogenated alkanes) is 1. The summed E-state index contributed by atoms with van der Waals surface area (Å²) in [5.41, 5.74) is 1.19. The molecule has 0 spiro atoms. The first kappa shape index (κ1) is 13.9. The molecule has 1 aromatic carbocycles. The van der Waals surface area contributed by atoms with Crippen LogP contribution in [0, 0.1) is 0 Å². The lowest BCUT2D eigenvalue weighted by molar-refractivity contribution is -0.108. The van der Waals surface area contributed by atoms with Gasteiger partial charge in [0.05, 0.1) is 12.7 Å². The molecule has 0 fully saturated rings. The van der Waals surface area contributed by atoms with Gasteiger partial charge in [-0.3, -0.25) is 0 Å². The molecule has 0 bridgehead atoms. The van der Waals surface area contributed by atoms with E-state index < -0.39 is 0 Å². The van der Waals surface area contributed by atoms with Gasteiger partial charge in [-0.1, -0.05) is 50.1 Å². The summed E-state index contributed by atoms with van der Waals surface area (Å²) >= 11 is 0. The van der Waals surface area contributed by atoms with Crippen LogP contribution in [-0.2, 0) is 16.1 Å². The Morgan fingerprint density at radius 2 is 2.00 bits per heavy atom. The van der Waals surface area contributed by atoms with Gasteiger partial charge in [-0.2, -0.15) is 0 Å². The van der Waals surface area contributed by atoms with Crippen LogP contribution in [0.4, 0.5) is 0 Å². The fourth-order valence-corrected chi connectivity index (χ4v) is 1.79. The van der Waals surface area contributed by atoms with Crippen LogP contribution in [0.25, 0.3) is 0 Å². The molecule has 0 radical (unpaired) electrons. The molecule has 1 unspecified atom stereocenters. The Hall–Kier alpha value is -1.15. The number of aldehydes is 1. The molecular weight excluding hydrogens is 212 g/mol. The van der Waals surface area contributed by atoms with E-state index in [1.54, 1.807) is 0 Å². The Balaban J connectivity index is 2.34. The van der Waals surface area contributed by atoms with E-state index in [4.69, 9.17) is 4.74 Å². The molecule has 94 valence electrons. The van der Waals surface area contributed by atoms with Crippen LogP contribution in [0.15, 0.2) is 30.3 Å². The van der Waals surface area contributed by atoms with Crippen molar-refractivity contribution in [2.24, 2.45) is 0 Å². The zero-order valence-corrected chi connectivity index (χ0v) is 10.6. The Morgan fingerprint density at radius 1 is 1.24 bits per heavy atom. The van der Waals surface area contributed by atoms with Crippen LogP contribution in [0.3, 0.4) is 0 Å². The van der Waals surface area contributed by atoms with Gasteiger partial charge in [0.1, 0.15) is 6.29 Å². The zero-order valence-electron chi connectivity index (χ0n) is 10.6. The van der Waals surface area contributed by atoms with Crippen molar-refractivity contribution < 1.29 is 9.53 Å². The summed E-state index contributed by atoms with van der Waals surface area (Å²) in [4.78, 5) is 10.4. The van der Waals surface area contributed by atoms with Crippen LogP contribution in [0.2, 0.25) is 0 Å². The van der Waals surface area contributed by atoms with Crippen molar-refractivity contribution in [2.45, 2.75) is 51.7 Å². The number of hydrogen-bond donors (Lipinski definition) is 0. The maximum absolute atomic E-state index is 10.4. The minimum atomic E-state index is 0.223. The molecule has 0 saturated heterocycles. The quantitative estimate of drug-likeness (QED) is 0.608. The van der Waals surface area contributed by atoms with E-state index in [0.29, 0.717) is 13.0 Å². The van der Waals surface area contributed by atoms with Crippen molar-refractivity contribution in [1.29, 1.82) is 0 Å². The van der Waals surface area contributed by atoms with E-state index >= 15 is 0 Å². The van der Waals surface area contributed by atoms with Crippen LogP contribution in [0.1, 0.15) is 44.6 Å². The zero-order chi connectivity index (χ0) is 12.3. The van der Waals surface area contributed by atoms with Gasteiger partial charge >= 0.3 is 0 Å². The third kappa shape index (κ3) is 6.22. The van der Waals surface area contributed by atoms with Crippen molar-refractivity contribution in [1.82, 2.24) is 0 Å². The number of benzene rings is 1. The predicted octanol–water partition coefficient (Wildman–Crippen LogP) is 3.74. The molecule has 0 aliphatic rings. The number of carbonyl (C=O) groups is 1. The number of hydrogen-bond acceptors (Lipinski definition) is 2. The monoisotopic (exact) mass is 234 g/mol. The van der Waals surface area contributed by atoms with E-state index in [1.165, 1.54) is 12.0 Å². The third-order valence-electron chi connectivity index (χ3n) is 2.81. The molecule has 0 aromatic heterocycles. The summed E-state index contributed by atoms with van der Waals surface area (Å²) in [6, 6.07) is 10.2. The van der Waals surface area contributed by atoms with Gasteiger partial charge in [-0.15, -0.1) is 0 Å². The summed E-state index contributed by atoms with van der Waals surface area (Å²) in [5.74, 6) is 0. The van der Waals surface area contributed by atoms with E-state index in [2.05, 4.69) is 19.1 Å². The average Bonchev–Trinajstić information content (AvgIpc) is 2.39. The van der Waals surface area contributed by atoms with Gasteiger partial charge in [0.2, 0.25) is 0 Å². The molecule has 0 N–H and O–H groups in total. The second kappa shape index (κ2) is 8.94. The van der Waals surface area contributed by atoms with Crippen molar-refractivity contribution in [3.8, 4) is 0 Å². The van der Waals surface area contributed by atoms with Crippen molar-refractivity contribution in [2.75, 3.05) is 0 Å². The molecule has 0 aliphatic heterocycles. The number of ether oxygens (including phenoxy) is 1. The summed E-state index contributed by atoms with van der Waals surface area (Å²) in [7, 11) is 0. The summed E-state index contributed by atoms with van der Waals surface area (Å²) in [6.07, 6.45) is 6.03. The smallest absolute Gasteiger partial charge is 0.120 e. The van der Waals surface area contributed by atoms with Gasteiger partial charge in [-0.25, -0.2) is 0 Å². The fraction of sp³-hybridized carbons (Fsp3) is 0.533. The SMILES string of the molecule is CCCCC(CCC=O)OCc1ccccc1. The van der Waals surface area contributed by atoms with Crippen LogP contribution < -0.4 is 0 Å². The Kier molecular flexibility index (Phi) is 7.32. The highest BCUT2D eigenvalue weighted by Gasteiger charge is 2.08. The molecule has 0 amide bonds. The third-order valence-corrected chi connectivity index (χ3v) is 2.81. The standard InChI is InChI=1S/C15H22O2/c1-2-3-10-15(11-7-12-16)17-13-14-8-5-4-6-9-14/h4-6,8-9,12,15H,2-3,7,10-11,13H2,1H3. The predicted molar refractivity (Wildman–Crippen MR) is 69.8 cm³/mol. The van der Waals surface area contributed by atoms with E-state index in [9.17, 15) is 4.79 Å². The highest BCUT2D eigenvalue weighted by molar-refractivity contribution is 5.49. The highest BCUT2D eigenvalue weighted by Crippen LogP contribution is 2.13. The molecule has 0 heterocycles. The normalized spacial score (nSPS) is 12.3. The van der Waals surface area contributed by atoms with Gasteiger partial charge < -0.3 is 9.53 Å². The lowest BCUT2D eigenvalue weighted by Gasteiger charge is -2.16. The van der Waals surface area contributed by atoms with Gasteiger partial charge in [0.15, 0.2) is 0 Å². The molecule has 2 heteroatoms. The first-order chi connectivity index (χ1) is 8.36. The first-order valence-electron chi connectivity index (χ1n) is 6.46. The largest absolute Gasteiger partial charge is 0.374 e. The Bertz CT molecular complexity index is 295. The van der Waals surface area contributed by atoms with E-state index in [0.717, 1.165) is 25.5 Å². The van der Waals surface area contributed by atoms with Crippen molar-refractivity contribution in [3.05, 3.63) is 35.9 Å². The van der Waals surface area contributed by atoms with Crippen molar-refractivity contribution in [3.63, 3.8) is 0 Å². The summed E-state index contributed by atoms with van der Waals surface area (Å²) < 4.78 is 5.87. The molecule has 17 heavy (non-hydrogen) atoms. The van der Waals surface area contributed by atoms with Gasteiger partial charge in [0.25, 0.3) is 0 Å². The summed E-state index contributed by atoms with van der Waals surface area (Å²) in [6.45, 7) is 2.82. The van der Waals surface area contributed by atoms with E-state index in [-0.39, 0.29) is 6.10 Å². The first-order valence-corrected chi connectivity index (χ1v) is 6.46. The fourth-order valence-electron chi connectivity index (χ4n) is 1.79. The lowest BCUT2D eigenvalue weighted by atomic mass is 10.1. The van der Waals surface area contributed by atoms with Crippen LogP contribution >= 0.6 is 0 Å². The molecule has 0 saturated carbocycles. The molecular formula is C15H22O2. The number of rotatable bonds is 9. The maximum Gasteiger partial charge on any atom is 0.120 e. The lowest BCUT2D eigenvalue weighted by Crippen LogP contribution is -2.13. The van der Waals surface area contributed by atoms with Gasteiger partial charge in [-0.05, 0) is 18.4 Å². The van der Waals surface area contributed by atoms with Gasteiger partial charge in [0, 0.05) is 6.42 Å². The average molecular weight is 234 g/mol. The molecule has 1 aromatic rings. The molecule has 1 atom stereocenters. The summed E-state index contributed by atoms with van der Waals surface area (Å²) in [5, 5.41) is 0. The van der Waals surface area contributed by atoms with E-state index in [1.807, 2.05) is 18.2 Å². The Morgan fingerprint density at radius 3 is 2.65 bits per heavy atom. The second-order valence-corrected chi connectivity index (χ2v) is 4.30. The number of carbonyl (C=O) groups excluding carboxylic acids is 1. The minimum Gasteiger partial charge on any atom is -0.374 e. The molecule has 0 aliphatic carbocycles. The van der Waals surface area contributed by atoms with Crippen LogP contribution in [-0.4, -0.2) is 12.4 Å². The second-order valence-electron chi connectivity index (χ2n) is 4.30. The molecule has 1 rings (SSSR count). The van der Waals surface area contributed by atoms with Crippen LogP contribution in [0.5, 0.6) is 0 Å². The highest BCUT2D eigenvalue weighted by atomic mass is 16.5. The minimum absolute atomic E-state index is 0.223. The Labute approximate surface area is 104 Å². The molecule has 2 nitrogen and oxygen atoms in total. The topological polar surface area (TPSA) is 26.3 Å².